The highest BCUT2D eigenvalue weighted by atomic mass is 32.2. The molecule has 0 bridgehead atoms. The van der Waals surface area contributed by atoms with Gasteiger partial charge in [0.05, 0.1) is 10.7 Å². The highest BCUT2D eigenvalue weighted by molar-refractivity contribution is 7.88. The Hall–Kier alpha value is -1.47. The van der Waals surface area contributed by atoms with Gasteiger partial charge in [-0.25, -0.2) is 12.7 Å². The molecular weight excluding hydrogens is 256 g/mol. The minimum atomic E-state index is -3.35. The van der Waals surface area contributed by atoms with Crippen LogP contribution in [-0.2, 0) is 15.8 Å². The van der Waals surface area contributed by atoms with Crippen LogP contribution >= 0.6 is 0 Å². The van der Waals surface area contributed by atoms with E-state index in [1.54, 1.807) is 13.8 Å². The van der Waals surface area contributed by atoms with Gasteiger partial charge >= 0.3 is 0 Å². The van der Waals surface area contributed by atoms with Crippen molar-refractivity contribution in [3.05, 3.63) is 39.9 Å². The van der Waals surface area contributed by atoms with Gasteiger partial charge in [-0.05, 0) is 5.56 Å². The van der Waals surface area contributed by atoms with Gasteiger partial charge in [0.1, 0.15) is 0 Å². The summed E-state index contributed by atoms with van der Waals surface area (Å²) in [6, 6.07) is 5.57. The lowest BCUT2D eigenvalue weighted by Crippen LogP contribution is -2.31. The van der Waals surface area contributed by atoms with Crippen molar-refractivity contribution in [3.63, 3.8) is 0 Å². The molecule has 18 heavy (non-hydrogen) atoms. The molecule has 0 heterocycles. The van der Waals surface area contributed by atoms with Crippen LogP contribution in [0.4, 0.5) is 5.69 Å². The summed E-state index contributed by atoms with van der Waals surface area (Å²) < 4.78 is 25.3. The van der Waals surface area contributed by atoms with Crippen molar-refractivity contribution in [2.45, 2.75) is 19.6 Å². The first kappa shape index (κ1) is 14.6. The van der Waals surface area contributed by atoms with Gasteiger partial charge in [0.15, 0.2) is 0 Å². The van der Waals surface area contributed by atoms with Crippen LogP contribution in [0.15, 0.2) is 24.3 Å². The van der Waals surface area contributed by atoms with E-state index < -0.39 is 14.9 Å². The summed E-state index contributed by atoms with van der Waals surface area (Å²) in [4.78, 5) is 9.97. The Morgan fingerprint density at radius 2 is 1.67 bits per heavy atom. The number of nitrogens with zero attached hydrogens (tertiary/aromatic N) is 2. The Labute approximate surface area is 106 Å². The summed E-state index contributed by atoms with van der Waals surface area (Å²) in [6.07, 6.45) is 0. The fourth-order valence-corrected chi connectivity index (χ4v) is 3.22. The third kappa shape index (κ3) is 3.51. The topological polar surface area (TPSA) is 80.5 Å². The van der Waals surface area contributed by atoms with Crippen molar-refractivity contribution in [3.8, 4) is 0 Å². The largest absolute Gasteiger partial charge is 0.269 e. The number of nitro benzene ring substituents is 1. The van der Waals surface area contributed by atoms with Gasteiger partial charge < -0.3 is 0 Å². The minimum Gasteiger partial charge on any atom is -0.258 e. The highest BCUT2D eigenvalue weighted by Gasteiger charge is 2.19. The van der Waals surface area contributed by atoms with E-state index in [0.717, 1.165) is 0 Å². The second-order valence-electron chi connectivity index (χ2n) is 3.76. The molecule has 0 atom stereocenters. The number of benzene rings is 1. The van der Waals surface area contributed by atoms with Crippen molar-refractivity contribution in [1.29, 1.82) is 0 Å². The molecule has 7 heteroatoms. The zero-order valence-electron chi connectivity index (χ0n) is 10.4. The zero-order chi connectivity index (χ0) is 13.8. The third-order valence-corrected chi connectivity index (χ3v) is 4.60. The van der Waals surface area contributed by atoms with E-state index in [1.165, 1.54) is 28.6 Å². The Balaban J connectivity index is 2.88. The van der Waals surface area contributed by atoms with Gasteiger partial charge in [0.25, 0.3) is 5.69 Å². The molecule has 0 aliphatic heterocycles. The molecule has 1 aromatic rings. The fraction of sp³-hybridized carbons (Fsp3) is 0.455. The van der Waals surface area contributed by atoms with E-state index in [1.807, 2.05) is 0 Å². The minimum absolute atomic E-state index is 0.0426. The first-order chi connectivity index (χ1) is 8.40. The standard InChI is InChI=1S/C11H16N2O4S/c1-3-12(4-2)18(16,17)9-10-5-7-11(8-6-10)13(14)15/h5-8H,3-4,9H2,1-2H3. The third-order valence-electron chi connectivity index (χ3n) is 2.60. The second kappa shape index (κ2) is 5.92. The summed E-state index contributed by atoms with van der Waals surface area (Å²) in [5.74, 6) is -0.132. The van der Waals surface area contributed by atoms with Crippen LogP contribution < -0.4 is 0 Å². The Bertz CT molecular complexity index is 506. The van der Waals surface area contributed by atoms with E-state index in [9.17, 15) is 18.5 Å². The monoisotopic (exact) mass is 272 g/mol. The summed E-state index contributed by atoms with van der Waals surface area (Å²) in [5, 5.41) is 10.5. The van der Waals surface area contributed by atoms with E-state index in [4.69, 9.17) is 0 Å². The van der Waals surface area contributed by atoms with Gasteiger partial charge in [0.2, 0.25) is 10.0 Å². The Morgan fingerprint density at radius 1 is 1.17 bits per heavy atom. The molecule has 0 N–H and O–H groups in total. The smallest absolute Gasteiger partial charge is 0.258 e. The summed E-state index contributed by atoms with van der Waals surface area (Å²) >= 11 is 0. The maximum absolute atomic E-state index is 12.0. The van der Waals surface area contributed by atoms with Crippen molar-refractivity contribution in [2.24, 2.45) is 0 Å². The van der Waals surface area contributed by atoms with Crippen LogP contribution in [0.3, 0.4) is 0 Å². The quantitative estimate of drug-likeness (QED) is 0.584. The van der Waals surface area contributed by atoms with E-state index in [-0.39, 0.29) is 11.4 Å². The first-order valence-electron chi connectivity index (χ1n) is 5.61. The second-order valence-corrected chi connectivity index (χ2v) is 5.73. The summed E-state index contributed by atoms with van der Waals surface area (Å²) in [6.45, 7) is 4.39. The number of non-ortho nitro benzene ring substituents is 1. The summed E-state index contributed by atoms with van der Waals surface area (Å²) in [5.41, 5.74) is 0.506. The number of rotatable bonds is 6. The molecule has 0 aliphatic carbocycles. The van der Waals surface area contributed by atoms with Crippen LogP contribution in [-0.4, -0.2) is 30.7 Å². The van der Waals surface area contributed by atoms with Gasteiger partial charge in [-0.15, -0.1) is 0 Å². The lowest BCUT2D eigenvalue weighted by molar-refractivity contribution is -0.384. The van der Waals surface area contributed by atoms with Gasteiger partial charge in [-0.1, -0.05) is 26.0 Å². The van der Waals surface area contributed by atoms with Crippen LogP contribution in [0.25, 0.3) is 0 Å². The van der Waals surface area contributed by atoms with Crippen LogP contribution in [0.5, 0.6) is 0 Å². The molecule has 0 saturated heterocycles. The number of sulfonamides is 1. The van der Waals surface area contributed by atoms with Crippen LogP contribution in [0.2, 0.25) is 0 Å². The van der Waals surface area contributed by atoms with Crippen LogP contribution in [0.1, 0.15) is 19.4 Å². The average Bonchev–Trinajstić information content (AvgIpc) is 2.30. The molecule has 0 saturated carbocycles. The number of hydrogen-bond acceptors (Lipinski definition) is 4. The van der Waals surface area contributed by atoms with Crippen molar-refractivity contribution < 1.29 is 13.3 Å². The van der Waals surface area contributed by atoms with Crippen molar-refractivity contribution in [2.75, 3.05) is 13.1 Å². The Kier molecular flexibility index (Phi) is 4.80. The lowest BCUT2D eigenvalue weighted by atomic mass is 10.2. The molecule has 0 unspecified atom stereocenters. The molecule has 0 aromatic heterocycles. The number of hydrogen-bond donors (Lipinski definition) is 0. The molecule has 1 aromatic carbocycles. The van der Waals surface area contributed by atoms with Gasteiger partial charge in [-0.2, -0.15) is 0 Å². The highest BCUT2D eigenvalue weighted by Crippen LogP contribution is 2.15. The maximum atomic E-state index is 12.0. The SMILES string of the molecule is CCN(CC)S(=O)(=O)Cc1ccc([N+](=O)[O-])cc1. The molecule has 0 fully saturated rings. The fourth-order valence-electron chi connectivity index (χ4n) is 1.63. The predicted molar refractivity (Wildman–Crippen MR) is 68.6 cm³/mol. The van der Waals surface area contributed by atoms with Crippen LogP contribution in [0, 0.1) is 10.1 Å². The van der Waals surface area contributed by atoms with E-state index in [2.05, 4.69) is 0 Å². The molecular formula is C11H16N2O4S. The van der Waals surface area contributed by atoms with E-state index >= 15 is 0 Å². The molecule has 100 valence electrons. The number of nitro groups is 1. The van der Waals surface area contributed by atoms with Gasteiger partial charge in [-0.3, -0.25) is 10.1 Å². The maximum Gasteiger partial charge on any atom is 0.269 e. The normalized spacial score (nSPS) is 11.7. The molecule has 0 radical (unpaired) electrons. The van der Waals surface area contributed by atoms with Crippen molar-refractivity contribution in [1.82, 2.24) is 4.31 Å². The molecule has 0 spiro atoms. The van der Waals surface area contributed by atoms with Gasteiger partial charge in [0, 0.05) is 25.2 Å². The lowest BCUT2D eigenvalue weighted by Gasteiger charge is -2.18. The van der Waals surface area contributed by atoms with Crippen molar-refractivity contribution >= 4 is 15.7 Å². The Morgan fingerprint density at radius 3 is 2.06 bits per heavy atom. The molecule has 1 rings (SSSR count). The molecule has 0 aliphatic rings. The summed E-state index contributed by atoms with van der Waals surface area (Å²) in [7, 11) is -3.35. The molecule has 0 amide bonds. The average molecular weight is 272 g/mol. The molecule has 6 nitrogen and oxygen atoms in total. The predicted octanol–water partition coefficient (Wildman–Crippen LogP) is 1.77. The first-order valence-corrected chi connectivity index (χ1v) is 7.22. The zero-order valence-corrected chi connectivity index (χ0v) is 11.2. The van der Waals surface area contributed by atoms with E-state index in [0.29, 0.717) is 18.7 Å².